The zero-order valence-corrected chi connectivity index (χ0v) is 20.1. The minimum Gasteiger partial charge on any atom is -0.342 e. The Bertz CT molecular complexity index is 1240. The summed E-state index contributed by atoms with van der Waals surface area (Å²) in [6, 6.07) is 29.6. The minimum atomic E-state index is -0.0829. The van der Waals surface area contributed by atoms with E-state index in [1.54, 1.807) is 0 Å². The van der Waals surface area contributed by atoms with Crippen LogP contribution in [0.5, 0.6) is 0 Å². The molecule has 1 aliphatic rings. The molecule has 1 aromatic heterocycles. The second-order valence-electron chi connectivity index (χ2n) is 9.74. The Morgan fingerprint density at radius 2 is 1.50 bits per heavy atom. The summed E-state index contributed by atoms with van der Waals surface area (Å²) in [4.78, 5) is 20.7. The van der Waals surface area contributed by atoms with Crippen molar-refractivity contribution in [3.63, 3.8) is 0 Å². The molecule has 0 bridgehead atoms. The summed E-state index contributed by atoms with van der Waals surface area (Å²) < 4.78 is 2.45. The molecule has 1 aliphatic heterocycles. The summed E-state index contributed by atoms with van der Waals surface area (Å²) in [5.74, 6) is 1.56. The molecule has 0 radical (unpaired) electrons. The van der Waals surface area contributed by atoms with Crippen molar-refractivity contribution in [2.75, 3.05) is 13.1 Å². The van der Waals surface area contributed by atoms with E-state index in [0.717, 1.165) is 49.3 Å². The molecule has 1 atom stereocenters. The van der Waals surface area contributed by atoms with Crippen molar-refractivity contribution in [3.8, 4) is 0 Å². The van der Waals surface area contributed by atoms with E-state index in [9.17, 15) is 4.79 Å². The van der Waals surface area contributed by atoms with Crippen molar-refractivity contribution in [1.82, 2.24) is 14.5 Å². The number of rotatable bonds is 6. The van der Waals surface area contributed by atoms with Gasteiger partial charge in [-0.05, 0) is 42.0 Å². The summed E-state index contributed by atoms with van der Waals surface area (Å²) in [5.41, 5.74) is 4.64. The van der Waals surface area contributed by atoms with Crippen LogP contribution in [0.3, 0.4) is 0 Å². The van der Waals surface area contributed by atoms with Gasteiger partial charge in [-0.2, -0.15) is 0 Å². The fourth-order valence-electron chi connectivity index (χ4n) is 5.42. The molecule has 2 heterocycles. The number of nitrogens with zero attached hydrogens (tertiary/aromatic N) is 3. The molecule has 4 heteroatoms. The number of benzene rings is 3. The second-order valence-corrected chi connectivity index (χ2v) is 9.74. The van der Waals surface area contributed by atoms with Gasteiger partial charge in [0.25, 0.3) is 0 Å². The maximum absolute atomic E-state index is 13.6. The molecule has 1 amide bonds. The van der Waals surface area contributed by atoms with Crippen LogP contribution in [0.1, 0.15) is 55.6 Å². The van der Waals surface area contributed by atoms with Gasteiger partial charge in [-0.3, -0.25) is 4.79 Å². The van der Waals surface area contributed by atoms with E-state index in [1.807, 2.05) is 18.2 Å². The van der Waals surface area contributed by atoms with Crippen LogP contribution in [-0.4, -0.2) is 33.4 Å². The van der Waals surface area contributed by atoms with Gasteiger partial charge in [-0.25, -0.2) is 4.98 Å². The number of amides is 1. The van der Waals surface area contributed by atoms with Gasteiger partial charge in [0.2, 0.25) is 5.91 Å². The molecule has 0 spiro atoms. The van der Waals surface area contributed by atoms with E-state index in [2.05, 4.69) is 90.0 Å². The van der Waals surface area contributed by atoms with Gasteiger partial charge in [-0.15, -0.1) is 0 Å². The lowest BCUT2D eigenvalue weighted by molar-refractivity contribution is -0.135. The highest BCUT2D eigenvalue weighted by atomic mass is 16.2. The van der Waals surface area contributed by atoms with Crippen molar-refractivity contribution >= 4 is 16.9 Å². The largest absolute Gasteiger partial charge is 0.342 e. The van der Waals surface area contributed by atoms with Crippen molar-refractivity contribution in [2.24, 2.45) is 5.92 Å². The molecule has 0 unspecified atom stereocenters. The van der Waals surface area contributed by atoms with Gasteiger partial charge in [-0.1, -0.05) is 86.6 Å². The zero-order chi connectivity index (χ0) is 23.5. The van der Waals surface area contributed by atoms with Crippen LogP contribution in [0.15, 0.2) is 84.9 Å². The first-order chi connectivity index (χ1) is 16.6. The minimum absolute atomic E-state index is 0.0829. The van der Waals surface area contributed by atoms with Gasteiger partial charge in [0.1, 0.15) is 5.82 Å². The van der Waals surface area contributed by atoms with Gasteiger partial charge >= 0.3 is 0 Å². The Hall–Kier alpha value is -3.40. The lowest BCUT2D eigenvalue weighted by Gasteiger charge is -2.36. The third-order valence-corrected chi connectivity index (χ3v) is 7.11. The third kappa shape index (κ3) is 4.50. The first kappa shape index (κ1) is 22.4. The second kappa shape index (κ2) is 9.84. The Morgan fingerprint density at radius 3 is 2.18 bits per heavy atom. The highest BCUT2D eigenvalue weighted by molar-refractivity contribution is 5.84. The van der Waals surface area contributed by atoms with Crippen LogP contribution in [0, 0.1) is 5.92 Å². The number of piperidine rings is 1. The molecule has 1 saturated heterocycles. The van der Waals surface area contributed by atoms with Gasteiger partial charge < -0.3 is 9.47 Å². The average molecular weight is 452 g/mol. The molecule has 0 saturated carbocycles. The zero-order valence-electron chi connectivity index (χ0n) is 20.1. The molecule has 4 nitrogen and oxygen atoms in total. The number of imidazole rings is 1. The van der Waals surface area contributed by atoms with Crippen molar-refractivity contribution in [1.29, 1.82) is 0 Å². The number of aromatic nitrogens is 2. The van der Waals surface area contributed by atoms with Crippen LogP contribution in [-0.2, 0) is 11.2 Å². The summed E-state index contributed by atoms with van der Waals surface area (Å²) in [6.07, 6.45) is 2.72. The first-order valence-electron chi connectivity index (χ1n) is 12.5. The normalized spacial score (nSPS) is 15.7. The lowest BCUT2D eigenvalue weighted by atomic mass is 9.86. The molecule has 174 valence electrons. The molecule has 4 aromatic rings. The Labute approximate surface area is 202 Å². The van der Waals surface area contributed by atoms with E-state index >= 15 is 0 Å². The Balaban J connectivity index is 1.37. The van der Waals surface area contributed by atoms with E-state index in [1.165, 1.54) is 11.1 Å². The average Bonchev–Trinajstić information content (AvgIpc) is 3.23. The molecule has 5 rings (SSSR count). The highest BCUT2D eigenvalue weighted by Crippen LogP contribution is 2.33. The summed E-state index contributed by atoms with van der Waals surface area (Å²) in [7, 11) is 0. The van der Waals surface area contributed by atoms with Crippen LogP contribution in [0.4, 0.5) is 0 Å². The van der Waals surface area contributed by atoms with E-state index in [4.69, 9.17) is 4.98 Å². The molecule has 0 N–H and O–H groups in total. The number of hydrogen-bond donors (Lipinski definition) is 0. The molecular weight excluding hydrogens is 418 g/mol. The van der Waals surface area contributed by atoms with Crippen LogP contribution in [0.2, 0.25) is 0 Å². The maximum Gasteiger partial charge on any atom is 0.230 e. The van der Waals surface area contributed by atoms with Crippen LogP contribution >= 0.6 is 0 Å². The van der Waals surface area contributed by atoms with Crippen molar-refractivity contribution in [2.45, 2.75) is 45.1 Å². The fourth-order valence-corrected chi connectivity index (χ4v) is 5.42. The number of para-hydroxylation sites is 2. The summed E-state index contributed by atoms with van der Waals surface area (Å²) in [5, 5.41) is 0. The third-order valence-electron chi connectivity index (χ3n) is 7.11. The first-order valence-corrected chi connectivity index (χ1v) is 12.5. The van der Waals surface area contributed by atoms with E-state index < -0.39 is 0 Å². The standard InChI is InChI=1S/C30H33N3O/c1-22(2)29(24-13-7-4-8-14-24)30(34)32-19-17-25(18-20-32)33-27-16-10-9-15-26(27)31-28(33)21-23-11-5-3-6-12-23/h3-16,22,25,29H,17-21H2,1-2H3/t29-/m0/s1. The molecular formula is C30H33N3O. The predicted octanol–water partition coefficient (Wildman–Crippen LogP) is 6.23. The van der Waals surface area contributed by atoms with Crippen molar-refractivity contribution < 1.29 is 4.79 Å². The highest BCUT2D eigenvalue weighted by Gasteiger charge is 2.32. The number of hydrogen-bond acceptors (Lipinski definition) is 2. The topological polar surface area (TPSA) is 38.1 Å². The maximum atomic E-state index is 13.6. The SMILES string of the molecule is CC(C)[C@H](C(=O)N1CCC(n2c(Cc3ccccc3)nc3ccccc32)CC1)c1ccccc1. The Morgan fingerprint density at radius 1 is 0.882 bits per heavy atom. The fraction of sp³-hybridized carbons (Fsp3) is 0.333. The van der Waals surface area contributed by atoms with Crippen LogP contribution in [0.25, 0.3) is 11.0 Å². The van der Waals surface area contributed by atoms with Crippen LogP contribution < -0.4 is 0 Å². The summed E-state index contributed by atoms with van der Waals surface area (Å²) in [6.45, 7) is 5.87. The quantitative estimate of drug-likeness (QED) is 0.348. The molecule has 34 heavy (non-hydrogen) atoms. The molecule has 3 aromatic carbocycles. The summed E-state index contributed by atoms with van der Waals surface area (Å²) >= 11 is 0. The van der Waals surface area contributed by atoms with E-state index in [-0.39, 0.29) is 17.7 Å². The predicted molar refractivity (Wildman–Crippen MR) is 138 cm³/mol. The molecule has 0 aliphatic carbocycles. The van der Waals surface area contributed by atoms with Crippen molar-refractivity contribution in [3.05, 3.63) is 102 Å². The number of likely N-dealkylation sites (tertiary alicyclic amines) is 1. The van der Waals surface area contributed by atoms with Gasteiger partial charge in [0.05, 0.1) is 17.0 Å². The number of fused-ring (bicyclic) bond motifs is 1. The van der Waals surface area contributed by atoms with Gasteiger partial charge in [0.15, 0.2) is 0 Å². The number of carbonyl (C=O) groups is 1. The smallest absolute Gasteiger partial charge is 0.230 e. The number of carbonyl (C=O) groups excluding carboxylic acids is 1. The lowest BCUT2D eigenvalue weighted by Crippen LogP contribution is -2.42. The Kier molecular flexibility index (Phi) is 6.48. The molecule has 1 fully saturated rings. The van der Waals surface area contributed by atoms with E-state index in [0.29, 0.717) is 6.04 Å². The monoisotopic (exact) mass is 451 g/mol. The van der Waals surface area contributed by atoms with Gasteiger partial charge in [0, 0.05) is 25.6 Å².